The van der Waals surface area contributed by atoms with Crippen LogP contribution in [0.3, 0.4) is 0 Å². The number of aliphatic hydroxyl groups is 1. The van der Waals surface area contributed by atoms with E-state index >= 15 is 0 Å². The first kappa shape index (κ1) is 36.6. The highest BCUT2D eigenvalue weighted by Gasteiger charge is 2.36. The first-order chi connectivity index (χ1) is 22.7. The monoisotopic (exact) mass is 666 g/mol. The number of rotatable bonds is 17. The standard InChI is InChI=1S/C32H48F2N6O7/c1-22(35-2)30(42)37-28(23-6-4-3-5-7-23)31(43)38-8-10-39(11-9-38)32(44)29-36-26-20-24(33)25(34)21-27(26)40(29)12-14-45-16-18-47-19-17-46-15-13-41/h20-23,28,35,41H,3-19H2,1-2H3,(H,37,42)/t22-,28?/m0/s1. The van der Waals surface area contributed by atoms with Crippen molar-refractivity contribution in [1.29, 1.82) is 0 Å². The molecule has 2 aromatic rings. The van der Waals surface area contributed by atoms with Crippen LogP contribution in [0.15, 0.2) is 12.1 Å². The van der Waals surface area contributed by atoms with Gasteiger partial charge in [-0.05, 0) is 32.7 Å². The predicted octanol–water partition coefficient (Wildman–Crippen LogP) is 1.31. The first-order valence-electron chi connectivity index (χ1n) is 16.5. The molecule has 2 aliphatic rings. The molecule has 1 aliphatic carbocycles. The minimum atomic E-state index is -1.06. The number of fused-ring (bicyclic) bond motifs is 1. The van der Waals surface area contributed by atoms with Crippen LogP contribution in [0.5, 0.6) is 0 Å². The highest BCUT2D eigenvalue weighted by molar-refractivity contribution is 5.95. The number of hydrogen-bond acceptors (Lipinski definition) is 9. The number of carbonyl (C=O) groups is 3. The largest absolute Gasteiger partial charge is 0.394 e. The summed E-state index contributed by atoms with van der Waals surface area (Å²) in [5.41, 5.74) is 0.415. The lowest BCUT2D eigenvalue weighted by molar-refractivity contribution is -0.140. The van der Waals surface area contributed by atoms with Gasteiger partial charge in [-0.3, -0.25) is 14.4 Å². The fraction of sp³-hybridized carbons (Fsp3) is 0.688. The molecule has 1 aliphatic heterocycles. The zero-order valence-electron chi connectivity index (χ0n) is 27.3. The molecule has 2 fully saturated rings. The molecule has 2 heterocycles. The van der Waals surface area contributed by atoms with Crippen LogP contribution in [0.4, 0.5) is 8.78 Å². The molecule has 3 N–H and O–H groups in total. The molecule has 0 spiro atoms. The summed E-state index contributed by atoms with van der Waals surface area (Å²) >= 11 is 0. The van der Waals surface area contributed by atoms with E-state index in [-0.39, 0.29) is 93.7 Å². The van der Waals surface area contributed by atoms with Crippen LogP contribution < -0.4 is 10.6 Å². The Morgan fingerprint density at radius 1 is 0.915 bits per heavy atom. The summed E-state index contributed by atoms with van der Waals surface area (Å²) in [5, 5.41) is 14.6. The van der Waals surface area contributed by atoms with Gasteiger partial charge in [-0.25, -0.2) is 13.8 Å². The SMILES string of the molecule is CN[C@@H](C)C(=O)NC(C(=O)N1CCN(C(=O)c2nc3cc(F)c(F)cc3n2CCOCCOCCOCCO)CC1)C1CCCCC1. The molecule has 13 nitrogen and oxygen atoms in total. The lowest BCUT2D eigenvalue weighted by Crippen LogP contribution is -2.59. The van der Waals surface area contributed by atoms with E-state index in [1.54, 1.807) is 23.8 Å². The number of amides is 3. The summed E-state index contributed by atoms with van der Waals surface area (Å²) in [6, 6.07) is 0.928. The molecule has 2 atom stereocenters. The number of ether oxygens (including phenoxy) is 3. The van der Waals surface area contributed by atoms with Gasteiger partial charge in [-0.15, -0.1) is 0 Å². The van der Waals surface area contributed by atoms with E-state index in [1.807, 2.05) is 0 Å². The Kier molecular flexibility index (Phi) is 14.3. The zero-order valence-corrected chi connectivity index (χ0v) is 27.3. The smallest absolute Gasteiger partial charge is 0.290 e. The molecular weight excluding hydrogens is 618 g/mol. The molecular formula is C32H48F2N6O7. The molecule has 1 aromatic heterocycles. The van der Waals surface area contributed by atoms with Gasteiger partial charge in [0, 0.05) is 44.9 Å². The highest BCUT2D eigenvalue weighted by Crippen LogP contribution is 2.28. The Balaban J connectivity index is 1.38. The van der Waals surface area contributed by atoms with Crippen molar-refractivity contribution in [3.8, 4) is 0 Å². The third-order valence-corrected chi connectivity index (χ3v) is 8.81. The van der Waals surface area contributed by atoms with Crippen molar-refractivity contribution in [3.05, 3.63) is 29.6 Å². The number of halogens is 2. The number of imidazole rings is 1. The van der Waals surface area contributed by atoms with Crippen molar-refractivity contribution in [1.82, 2.24) is 30.0 Å². The number of benzene rings is 1. The molecule has 1 saturated carbocycles. The fourth-order valence-corrected chi connectivity index (χ4v) is 6.00. The average Bonchev–Trinajstić information content (AvgIpc) is 3.43. The highest BCUT2D eigenvalue weighted by atomic mass is 19.2. The van der Waals surface area contributed by atoms with Gasteiger partial charge in [0.05, 0.1) is 63.3 Å². The maximum absolute atomic E-state index is 14.2. The van der Waals surface area contributed by atoms with Crippen LogP contribution >= 0.6 is 0 Å². The van der Waals surface area contributed by atoms with Crippen LogP contribution in [0, 0.1) is 17.6 Å². The van der Waals surface area contributed by atoms with Crippen molar-refractivity contribution in [2.24, 2.45) is 5.92 Å². The van der Waals surface area contributed by atoms with Gasteiger partial charge in [0.25, 0.3) is 5.91 Å². The maximum atomic E-state index is 14.2. The van der Waals surface area contributed by atoms with E-state index in [1.165, 1.54) is 4.57 Å². The molecule has 47 heavy (non-hydrogen) atoms. The number of likely N-dealkylation sites (N-methyl/N-ethyl adjacent to an activating group) is 1. The van der Waals surface area contributed by atoms with Crippen molar-refractivity contribution < 1.29 is 42.5 Å². The minimum Gasteiger partial charge on any atom is -0.394 e. The number of aliphatic hydroxyl groups excluding tert-OH is 1. The molecule has 0 radical (unpaired) electrons. The van der Waals surface area contributed by atoms with Crippen molar-refractivity contribution in [2.45, 2.75) is 57.7 Å². The Bertz CT molecular complexity index is 1330. The molecule has 1 saturated heterocycles. The van der Waals surface area contributed by atoms with Crippen molar-refractivity contribution in [3.63, 3.8) is 0 Å². The van der Waals surface area contributed by atoms with Crippen molar-refractivity contribution >= 4 is 28.8 Å². The van der Waals surface area contributed by atoms with Gasteiger partial charge in [-0.1, -0.05) is 19.3 Å². The van der Waals surface area contributed by atoms with Crippen LogP contribution in [0.25, 0.3) is 11.0 Å². The second-order valence-electron chi connectivity index (χ2n) is 11.9. The van der Waals surface area contributed by atoms with Crippen molar-refractivity contribution in [2.75, 3.05) is 79.5 Å². The Morgan fingerprint density at radius 2 is 1.51 bits per heavy atom. The molecule has 262 valence electrons. The summed E-state index contributed by atoms with van der Waals surface area (Å²) in [4.78, 5) is 47.9. The molecule has 4 rings (SSSR count). The Morgan fingerprint density at radius 3 is 2.15 bits per heavy atom. The van der Waals surface area contributed by atoms with Gasteiger partial charge in [0.2, 0.25) is 11.8 Å². The molecule has 1 aromatic carbocycles. The van der Waals surface area contributed by atoms with E-state index < -0.39 is 29.6 Å². The number of aromatic nitrogens is 2. The van der Waals surface area contributed by atoms with Gasteiger partial charge in [-0.2, -0.15) is 0 Å². The third kappa shape index (κ3) is 9.89. The number of piperazine rings is 1. The summed E-state index contributed by atoms with van der Waals surface area (Å²) < 4.78 is 46.0. The normalized spacial score (nSPS) is 17.2. The summed E-state index contributed by atoms with van der Waals surface area (Å²) in [6.07, 6.45) is 4.90. The summed E-state index contributed by atoms with van der Waals surface area (Å²) in [7, 11) is 1.70. The Hall–Kier alpha value is -3.24. The molecule has 15 heteroatoms. The second-order valence-corrected chi connectivity index (χ2v) is 11.9. The summed E-state index contributed by atoms with van der Waals surface area (Å²) in [5.74, 6) is -2.81. The van der Waals surface area contributed by atoms with Gasteiger partial charge >= 0.3 is 0 Å². The van der Waals surface area contributed by atoms with E-state index in [9.17, 15) is 23.2 Å². The summed E-state index contributed by atoms with van der Waals surface area (Å²) in [6.45, 7) is 4.59. The van der Waals surface area contributed by atoms with Crippen LogP contribution in [0.1, 0.15) is 49.6 Å². The number of hydrogen-bond donors (Lipinski definition) is 3. The second kappa shape index (κ2) is 18.3. The average molecular weight is 667 g/mol. The predicted molar refractivity (Wildman–Crippen MR) is 169 cm³/mol. The molecule has 3 amide bonds. The van der Waals surface area contributed by atoms with E-state index in [4.69, 9.17) is 19.3 Å². The van der Waals surface area contributed by atoms with Crippen LogP contribution in [0.2, 0.25) is 0 Å². The van der Waals surface area contributed by atoms with E-state index in [0.29, 0.717) is 19.8 Å². The zero-order chi connectivity index (χ0) is 33.8. The molecule has 1 unspecified atom stereocenters. The van der Waals surface area contributed by atoms with E-state index in [0.717, 1.165) is 44.2 Å². The third-order valence-electron chi connectivity index (χ3n) is 8.81. The molecule has 0 bridgehead atoms. The maximum Gasteiger partial charge on any atom is 0.290 e. The number of nitrogens with one attached hydrogen (secondary N) is 2. The topological polar surface area (TPSA) is 147 Å². The number of nitrogens with zero attached hydrogens (tertiary/aromatic N) is 4. The van der Waals surface area contributed by atoms with Crippen LogP contribution in [-0.2, 0) is 30.3 Å². The first-order valence-corrected chi connectivity index (χ1v) is 16.5. The quantitative estimate of drug-likeness (QED) is 0.213. The minimum absolute atomic E-state index is 0.0269. The lowest BCUT2D eigenvalue weighted by atomic mass is 9.83. The Labute approximate surface area is 273 Å². The lowest BCUT2D eigenvalue weighted by Gasteiger charge is -2.39. The van der Waals surface area contributed by atoms with Gasteiger partial charge < -0.3 is 44.3 Å². The van der Waals surface area contributed by atoms with Crippen LogP contribution in [-0.4, -0.2) is 134 Å². The van der Waals surface area contributed by atoms with Gasteiger partial charge in [0.1, 0.15) is 6.04 Å². The number of carbonyl (C=O) groups excluding carboxylic acids is 3. The van der Waals surface area contributed by atoms with Gasteiger partial charge in [0.15, 0.2) is 17.5 Å². The fourth-order valence-electron chi connectivity index (χ4n) is 6.00. The van der Waals surface area contributed by atoms with E-state index in [2.05, 4.69) is 15.6 Å².